The van der Waals surface area contributed by atoms with Gasteiger partial charge in [-0.3, -0.25) is 0 Å². The predicted octanol–water partition coefficient (Wildman–Crippen LogP) is 13.7. The molecule has 0 fully saturated rings. The monoisotopic (exact) mass is 882 g/mol. The van der Waals surface area contributed by atoms with Crippen LogP contribution in [0, 0.1) is 13.8 Å². The summed E-state index contributed by atoms with van der Waals surface area (Å²) in [6.07, 6.45) is 0. The standard InChI is InChI=1S/C27H31Cl2N.C10H13Br.C7H7Cl2N.CH4.K.H/c1-18-16-23(28)25(29)24(17-18)30(21-12-8-19(9-13-21)26(2,3)4)22-14-10-20(11-15-22)27(5,6)7;1-10(2,3)8-4-6-9(11)7-5-8;1-4-2-5(8)7(9)6(10)3-4;;;/h8-17H,1-7H3;4-7H,1-3H3;2-3H,10H2,1H3;1H4;;/q;;;;+1;-1. The maximum atomic E-state index is 6.69. The fraction of sp³-hybridized carbons (Fsp3) is 0.333. The van der Waals surface area contributed by atoms with E-state index < -0.39 is 0 Å². The molecule has 5 aromatic carbocycles. The topological polar surface area (TPSA) is 29.3 Å². The second-order valence-electron chi connectivity index (χ2n) is 15.9. The number of benzene rings is 5. The number of rotatable bonds is 3. The van der Waals surface area contributed by atoms with Crippen LogP contribution in [0.15, 0.2) is 102 Å². The van der Waals surface area contributed by atoms with Gasteiger partial charge in [-0.05, 0) is 119 Å². The van der Waals surface area contributed by atoms with Crippen LogP contribution in [0.25, 0.3) is 0 Å². The summed E-state index contributed by atoms with van der Waals surface area (Å²) in [5.41, 5.74) is 15.5. The Balaban J connectivity index is 0.000000963. The molecule has 0 bridgehead atoms. The van der Waals surface area contributed by atoms with Gasteiger partial charge in [0.1, 0.15) is 0 Å². The molecule has 0 heterocycles. The van der Waals surface area contributed by atoms with Gasteiger partial charge in [-0.15, -0.1) is 0 Å². The van der Waals surface area contributed by atoms with Crippen molar-refractivity contribution in [3.05, 3.63) is 149 Å². The van der Waals surface area contributed by atoms with Crippen LogP contribution in [-0.4, -0.2) is 0 Å². The second kappa shape index (κ2) is 20.9. The minimum Gasteiger partial charge on any atom is -1.00 e. The Labute approximate surface area is 393 Å². The first-order valence-electron chi connectivity index (χ1n) is 16.9. The minimum absolute atomic E-state index is 0. The quantitative estimate of drug-likeness (QED) is 0.144. The molecule has 0 aliphatic rings. The number of nitrogens with two attached hydrogens (primary N) is 1. The zero-order valence-corrected chi connectivity index (χ0v) is 40.4. The third kappa shape index (κ3) is 14.8. The molecular weight excluding hydrogens is 829 g/mol. The molecule has 0 amide bonds. The molecule has 2 N–H and O–H groups in total. The number of nitrogen functional groups attached to an aromatic ring is 1. The fourth-order valence-corrected chi connectivity index (χ4v) is 6.34. The van der Waals surface area contributed by atoms with E-state index >= 15 is 0 Å². The van der Waals surface area contributed by atoms with E-state index in [2.05, 4.69) is 162 Å². The van der Waals surface area contributed by atoms with Gasteiger partial charge in [0.25, 0.3) is 0 Å². The number of hydrogen-bond donors (Lipinski definition) is 1. The van der Waals surface area contributed by atoms with Crippen molar-refractivity contribution < 1.29 is 52.8 Å². The molecule has 5 aromatic rings. The van der Waals surface area contributed by atoms with E-state index in [0.29, 0.717) is 25.8 Å². The van der Waals surface area contributed by atoms with E-state index in [1.54, 1.807) is 12.1 Å². The summed E-state index contributed by atoms with van der Waals surface area (Å²) in [4.78, 5) is 2.18. The number of hydrogen-bond acceptors (Lipinski definition) is 2. The van der Waals surface area contributed by atoms with Crippen molar-refractivity contribution >= 4 is 85.1 Å². The largest absolute Gasteiger partial charge is 1.00 e. The van der Waals surface area contributed by atoms with Crippen molar-refractivity contribution in [2.45, 2.75) is 99.8 Å². The molecular formula is C45H56BrCl4KN2. The first kappa shape index (κ1) is 50.0. The van der Waals surface area contributed by atoms with Crippen LogP contribution in [0.3, 0.4) is 0 Å². The summed E-state index contributed by atoms with van der Waals surface area (Å²) < 4.78 is 1.14. The third-order valence-corrected chi connectivity index (χ3v) is 10.4. The van der Waals surface area contributed by atoms with E-state index in [-0.39, 0.29) is 76.5 Å². The SMILES string of the molecule is C.CC(C)(C)c1ccc(Br)cc1.Cc1cc(Cl)c(Cl)c(N(c2ccc(C(C)(C)C)cc2)c2ccc(C(C)(C)C)cc2)c1.Cc1cc(N)c(Cl)c(Cl)c1.[H-].[K+]. The molecule has 8 heteroatoms. The zero-order chi connectivity index (χ0) is 38.5. The first-order valence-corrected chi connectivity index (χ1v) is 19.2. The molecule has 0 aliphatic carbocycles. The van der Waals surface area contributed by atoms with E-state index in [1.165, 1.54) is 16.7 Å². The molecule has 0 aliphatic heterocycles. The van der Waals surface area contributed by atoms with Crippen molar-refractivity contribution in [2.24, 2.45) is 0 Å². The van der Waals surface area contributed by atoms with Gasteiger partial charge in [0, 0.05) is 15.8 Å². The summed E-state index contributed by atoms with van der Waals surface area (Å²) >= 11 is 28.0. The van der Waals surface area contributed by atoms with Crippen molar-refractivity contribution in [1.29, 1.82) is 0 Å². The maximum absolute atomic E-state index is 6.69. The number of halogens is 5. The van der Waals surface area contributed by atoms with Gasteiger partial charge in [-0.1, -0.05) is 168 Å². The normalized spacial score (nSPS) is 11.2. The summed E-state index contributed by atoms with van der Waals surface area (Å²) in [5.74, 6) is 0. The first-order chi connectivity index (χ1) is 23.5. The van der Waals surface area contributed by atoms with Gasteiger partial charge in [0.15, 0.2) is 0 Å². The van der Waals surface area contributed by atoms with E-state index in [1.807, 2.05) is 19.9 Å². The minimum atomic E-state index is 0. The van der Waals surface area contributed by atoms with Crippen LogP contribution in [0.2, 0.25) is 20.1 Å². The Hall–Kier alpha value is -1.02. The molecule has 0 atom stereocenters. The Kier molecular flexibility index (Phi) is 19.8. The molecule has 0 unspecified atom stereocenters. The number of aryl methyl sites for hydroxylation is 2. The Morgan fingerprint density at radius 1 is 0.528 bits per heavy atom. The van der Waals surface area contributed by atoms with Crippen LogP contribution in [0.1, 0.15) is 99.0 Å². The van der Waals surface area contributed by atoms with E-state index in [4.69, 9.17) is 52.1 Å². The smallest absolute Gasteiger partial charge is 1.00 e. The molecule has 0 radical (unpaired) electrons. The van der Waals surface area contributed by atoms with Gasteiger partial charge in [-0.2, -0.15) is 0 Å². The number of nitrogens with zero attached hydrogens (tertiary/aromatic N) is 1. The average Bonchev–Trinajstić information content (AvgIpc) is 3.02. The Morgan fingerprint density at radius 3 is 1.19 bits per heavy atom. The van der Waals surface area contributed by atoms with Gasteiger partial charge in [0.05, 0.1) is 31.5 Å². The van der Waals surface area contributed by atoms with Crippen LogP contribution in [0.5, 0.6) is 0 Å². The summed E-state index contributed by atoms with van der Waals surface area (Å²) in [6.45, 7) is 24.0. The van der Waals surface area contributed by atoms with E-state index in [9.17, 15) is 0 Å². The summed E-state index contributed by atoms with van der Waals surface area (Å²) in [6, 6.07) is 33.4. The zero-order valence-electron chi connectivity index (χ0n) is 33.7. The van der Waals surface area contributed by atoms with Crippen LogP contribution >= 0.6 is 62.3 Å². The van der Waals surface area contributed by atoms with Crippen LogP contribution in [-0.2, 0) is 16.2 Å². The third-order valence-electron chi connectivity index (χ3n) is 8.29. The van der Waals surface area contributed by atoms with E-state index in [0.717, 1.165) is 32.7 Å². The Morgan fingerprint density at radius 2 is 0.849 bits per heavy atom. The van der Waals surface area contributed by atoms with Crippen molar-refractivity contribution in [3.63, 3.8) is 0 Å². The molecule has 0 spiro atoms. The van der Waals surface area contributed by atoms with Gasteiger partial charge < -0.3 is 12.1 Å². The molecule has 282 valence electrons. The molecule has 0 saturated heterocycles. The Bertz CT molecular complexity index is 1830. The predicted molar refractivity (Wildman–Crippen MR) is 240 cm³/mol. The van der Waals surface area contributed by atoms with Gasteiger partial charge in [-0.25, -0.2) is 0 Å². The second-order valence-corrected chi connectivity index (χ2v) is 18.4. The molecule has 0 saturated carbocycles. The maximum Gasteiger partial charge on any atom is 1.00 e. The fourth-order valence-electron chi connectivity index (χ4n) is 5.22. The summed E-state index contributed by atoms with van der Waals surface area (Å²) in [5, 5.41) is 2.07. The van der Waals surface area contributed by atoms with Crippen LogP contribution in [0.4, 0.5) is 22.7 Å². The van der Waals surface area contributed by atoms with Crippen LogP contribution < -0.4 is 62.0 Å². The van der Waals surface area contributed by atoms with Crippen molar-refractivity contribution in [3.8, 4) is 0 Å². The average molecular weight is 886 g/mol. The molecule has 53 heavy (non-hydrogen) atoms. The van der Waals surface area contributed by atoms with Crippen molar-refractivity contribution in [1.82, 2.24) is 0 Å². The molecule has 5 rings (SSSR count). The summed E-state index contributed by atoms with van der Waals surface area (Å²) in [7, 11) is 0. The van der Waals surface area contributed by atoms with Gasteiger partial charge >= 0.3 is 51.4 Å². The van der Waals surface area contributed by atoms with Crippen molar-refractivity contribution in [2.75, 3.05) is 10.6 Å². The molecule has 0 aromatic heterocycles. The number of anilines is 4. The molecule has 2 nitrogen and oxygen atoms in total. The van der Waals surface area contributed by atoms with Gasteiger partial charge in [0.2, 0.25) is 0 Å².